The van der Waals surface area contributed by atoms with Crippen LogP contribution < -0.4 is 0 Å². The van der Waals surface area contributed by atoms with E-state index in [2.05, 4.69) is 4.90 Å². The molecular weight excluding hydrogens is 254 g/mol. The number of nitrogens with zero attached hydrogens (tertiary/aromatic N) is 1. The number of benzene rings is 1. The summed E-state index contributed by atoms with van der Waals surface area (Å²) < 4.78 is 0. The summed E-state index contributed by atoms with van der Waals surface area (Å²) in [5.41, 5.74) is 1.05. The van der Waals surface area contributed by atoms with Gasteiger partial charge in [0.2, 0.25) is 0 Å². The van der Waals surface area contributed by atoms with Gasteiger partial charge in [-0.3, -0.25) is 0 Å². The molecule has 0 bridgehead atoms. The molecule has 0 amide bonds. The maximum absolute atomic E-state index is 10.8. The molecule has 1 aliphatic rings. The summed E-state index contributed by atoms with van der Waals surface area (Å²) in [6.45, 7) is 5.18. The number of likely N-dealkylation sites (tertiary alicyclic amines) is 1. The van der Waals surface area contributed by atoms with Crippen LogP contribution in [0.15, 0.2) is 24.3 Å². The summed E-state index contributed by atoms with van der Waals surface area (Å²) in [4.78, 5) is 13.2. The normalized spacial score (nSPS) is 19.5. The van der Waals surface area contributed by atoms with E-state index in [1.165, 1.54) is 19.3 Å². The lowest BCUT2D eigenvalue weighted by Crippen LogP contribution is -2.35. The number of hydrogen-bond acceptors (Lipinski definition) is 3. The second-order valence-corrected chi connectivity index (χ2v) is 5.71. The van der Waals surface area contributed by atoms with E-state index in [0.717, 1.165) is 25.2 Å². The van der Waals surface area contributed by atoms with Gasteiger partial charge in [0.25, 0.3) is 0 Å². The van der Waals surface area contributed by atoms with E-state index < -0.39 is 12.1 Å². The molecule has 4 heteroatoms. The number of aromatic carboxylic acids is 1. The minimum Gasteiger partial charge on any atom is -0.478 e. The molecule has 0 spiro atoms. The average molecular weight is 277 g/mol. The Morgan fingerprint density at radius 1 is 1.20 bits per heavy atom. The van der Waals surface area contributed by atoms with Gasteiger partial charge in [0, 0.05) is 6.54 Å². The van der Waals surface area contributed by atoms with Gasteiger partial charge in [0.05, 0.1) is 11.7 Å². The average Bonchev–Trinajstić information content (AvgIpc) is 2.47. The van der Waals surface area contributed by atoms with Gasteiger partial charge in [-0.2, -0.15) is 0 Å². The zero-order valence-electron chi connectivity index (χ0n) is 12.0. The van der Waals surface area contributed by atoms with Crippen molar-refractivity contribution in [1.29, 1.82) is 0 Å². The van der Waals surface area contributed by atoms with E-state index in [-0.39, 0.29) is 11.5 Å². The smallest absolute Gasteiger partial charge is 0.335 e. The maximum atomic E-state index is 10.8. The lowest BCUT2D eigenvalue weighted by molar-refractivity contribution is 0.0695. The van der Waals surface area contributed by atoms with Gasteiger partial charge in [0.15, 0.2) is 0 Å². The van der Waals surface area contributed by atoms with Crippen molar-refractivity contribution >= 4 is 5.97 Å². The van der Waals surface area contributed by atoms with Gasteiger partial charge < -0.3 is 15.1 Å². The zero-order valence-corrected chi connectivity index (χ0v) is 12.0. The fourth-order valence-corrected chi connectivity index (χ4v) is 2.80. The molecule has 0 aliphatic carbocycles. The Morgan fingerprint density at radius 2 is 1.80 bits per heavy atom. The minimum absolute atomic E-state index is 0.142. The largest absolute Gasteiger partial charge is 0.478 e. The van der Waals surface area contributed by atoms with Crippen LogP contribution in [0.2, 0.25) is 0 Å². The molecule has 1 heterocycles. The van der Waals surface area contributed by atoms with Gasteiger partial charge in [-0.05, 0) is 49.5 Å². The monoisotopic (exact) mass is 277 g/mol. The number of carbonyl (C=O) groups is 1. The molecule has 20 heavy (non-hydrogen) atoms. The Labute approximate surface area is 120 Å². The number of carboxylic acid groups (broad SMARTS) is 1. The van der Waals surface area contributed by atoms with Crippen LogP contribution in [0.5, 0.6) is 0 Å². The summed E-state index contributed by atoms with van der Waals surface area (Å²) >= 11 is 0. The van der Waals surface area contributed by atoms with Crippen molar-refractivity contribution in [2.24, 2.45) is 5.92 Å². The van der Waals surface area contributed by atoms with Gasteiger partial charge in [-0.15, -0.1) is 0 Å². The number of piperidine rings is 1. The molecule has 1 saturated heterocycles. The third-order valence-corrected chi connectivity index (χ3v) is 4.03. The number of carboxylic acids is 1. The van der Waals surface area contributed by atoms with Crippen LogP contribution in [-0.4, -0.2) is 40.7 Å². The maximum Gasteiger partial charge on any atom is 0.335 e. The number of aliphatic hydroxyl groups excluding tert-OH is 1. The van der Waals surface area contributed by atoms with Crippen LogP contribution in [0.3, 0.4) is 0 Å². The highest BCUT2D eigenvalue weighted by Gasteiger charge is 2.20. The third-order valence-electron chi connectivity index (χ3n) is 4.03. The second kappa shape index (κ2) is 6.86. The predicted molar refractivity (Wildman–Crippen MR) is 77.8 cm³/mol. The number of hydrogen-bond donors (Lipinski definition) is 2. The van der Waals surface area contributed by atoms with E-state index in [1.807, 2.05) is 6.92 Å². The molecule has 0 aromatic heterocycles. The van der Waals surface area contributed by atoms with E-state index in [9.17, 15) is 9.90 Å². The Bertz CT molecular complexity index is 438. The summed E-state index contributed by atoms with van der Waals surface area (Å²) in [7, 11) is 0. The van der Waals surface area contributed by atoms with Crippen molar-refractivity contribution < 1.29 is 15.0 Å². The molecule has 2 atom stereocenters. The first-order valence-electron chi connectivity index (χ1n) is 7.31. The van der Waals surface area contributed by atoms with Crippen molar-refractivity contribution in [3.05, 3.63) is 35.4 Å². The SMILES string of the molecule is C[C@@H](CN1CCCCC1)[C@@H](O)c1ccc(C(=O)O)cc1. The number of rotatable bonds is 5. The quantitative estimate of drug-likeness (QED) is 0.868. The first-order chi connectivity index (χ1) is 9.58. The predicted octanol–water partition coefficient (Wildman–Crippen LogP) is 2.54. The molecule has 1 fully saturated rings. The Morgan fingerprint density at radius 3 is 2.35 bits per heavy atom. The molecule has 1 aromatic rings. The minimum atomic E-state index is -0.938. The van der Waals surface area contributed by atoms with E-state index in [0.29, 0.717) is 0 Å². The van der Waals surface area contributed by atoms with Crippen LogP contribution >= 0.6 is 0 Å². The second-order valence-electron chi connectivity index (χ2n) is 5.71. The number of aliphatic hydroxyl groups is 1. The summed E-state index contributed by atoms with van der Waals surface area (Å²) in [5.74, 6) is -0.795. The van der Waals surface area contributed by atoms with Crippen molar-refractivity contribution in [1.82, 2.24) is 4.90 Å². The van der Waals surface area contributed by atoms with Gasteiger partial charge in [-0.25, -0.2) is 4.79 Å². The molecule has 110 valence electrons. The van der Waals surface area contributed by atoms with Crippen LogP contribution in [0.1, 0.15) is 48.2 Å². The first-order valence-corrected chi connectivity index (χ1v) is 7.31. The van der Waals surface area contributed by atoms with Crippen molar-refractivity contribution in [3.63, 3.8) is 0 Å². The summed E-state index contributed by atoms with van der Waals surface area (Å²) in [6.07, 6.45) is 3.26. The molecule has 0 saturated carbocycles. The third kappa shape index (κ3) is 3.81. The topological polar surface area (TPSA) is 60.8 Å². The molecule has 1 aliphatic heterocycles. The fraction of sp³-hybridized carbons (Fsp3) is 0.562. The Balaban J connectivity index is 1.94. The first kappa shape index (κ1) is 15.0. The lowest BCUT2D eigenvalue weighted by atomic mass is 9.95. The van der Waals surface area contributed by atoms with Crippen LogP contribution in [0.4, 0.5) is 0 Å². The van der Waals surface area contributed by atoms with Crippen molar-refractivity contribution in [2.45, 2.75) is 32.3 Å². The van der Waals surface area contributed by atoms with Crippen molar-refractivity contribution in [3.8, 4) is 0 Å². The summed E-state index contributed by atoms with van der Waals surface area (Å²) in [5, 5.41) is 19.2. The standard InChI is InChI=1S/C16H23NO3/c1-12(11-17-9-3-2-4-10-17)15(18)13-5-7-14(8-6-13)16(19)20/h5-8,12,15,18H,2-4,9-11H2,1H3,(H,19,20)/t12-,15+/m0/s1. The molecular formula is C16H23NO3. The van der Waals surface area contributed by atoms with Crippen LogP contribution in [-0.2, 0) is 0 Å². The van der Waals surface area contributed by atoms with E-state index in [4.69, 9.17) is 5.11 Å². The van der Waals surface area contributed by atoms with Gasteiger partial charge in [-0.1, -0.05) is 25.5 Å². The van der Waals surface area contributed by atoms with Crippen LogP contribution in [0, 0.1) is 5.92 Å². The van der Waals surface area contributed by atoms with Crippen molar-refractivity contribution in [2.75, 3.05) is 19.6 Å². The molecule has 0 unspecified atom stereocenters. The van der Waals surface area contributed by atoms with E-state index in [1.54, 1.807) is 24.3 Å². The zero-order chi connectivity index (χ0) is 14.5. The highest BCUT2D eigenvalue weighted by Crippen LogP contribution is 2.24. The summed E-state index contributed by atoms with van der Waals surface area (Å²) in [6, 6.07) is 6.52. The Kier molecular flexibility index (Phi) is 5.15. The molecule has 4 nitrogen and oxygen atoms in total. The van der Waals surface area contributed by atoms with Crippen LogP contribution in [0.25, 0.3) is 0 Å². The Hall–Kier alpha value is -1.39. The van der Waals surface area contributed by atoms with Gasteiger partial charge >= 0.3 is 5.97 Å². The molecule has 2 rings (SSSR count). The van der Waals surface area contributed by atoms with Gasteiger partial charge in [0.1, 0.15) is 0 Å². The molecule has 2 N–H and O–H groups in total. The fourth-order valence-electron chi connectivity index (χ4n) is 2.80. The van der Waals surface area contributed by atoms with E-state index >= 15 is 0 Å². The lowest BCUT2D eigenvalue weighted by Gasteiger charge is -2.31. The highest BCUT2D eigenvalue weighted by molar-refractivity contribution is 5.87. The molecule has 0 radical (unpaired) electrons. The highest BCUT2D eigenvalue weighted by atomic mass is 16.4. The molecule has 1 aromatic carbocycles.